The Balaban J connectivity index is 3.36. The summed E-state index contributed by atoms with van der Waals surface area (Å²) in [7, 11) is 0. The van der Waals surface area contributed by atoms with Gasteiger partial charge < -0.3 is 34.7 Å². The van der Waals surface area contributed by atoms with Gasteiger partial charge >= 0.3 is 5.97 Å². The highest BCUT2D eigenvalue weighted by Crippen LogP contribution is 2.04. The molecule has 31 heavy (non-hydrogen) atoms. The largest absolute Gasteiger partial charge is 0.481 e. The number of nitrogens with one attached hydrogen (secondary N) is 2. The van der Waals surface area contributed by atoms with Crippen molar-refractivity contribution in [2.75, 3.05) is 65.9 Å². The number of ketones is 1. The average Bonchev–Trinajstić information content (AvgIpc) is 2.75. The third-order valence-electron chi connectivity index (χ3n) is 4.00. The van der Waals surface area contributed by atoms with Crippen LogP contribution in [0.25, 0.3) is 0 Å². The summed E-state index contributed by atoms with van der Waals surface area (Å²) in [5, 5.41) is 14.0. The van der Waals surface area contributed by atoms with Gasteiger partial charge in [0.15, 0.2) is 5.78 Å². The fourth-order valence-corrected chi connectivity index (χ4v) is 2.03. The highest BCUT2D eigenvalue weighted by Gasteiger charge is 2.12. The minimum absolute atomic E-state index is 0.0455. The summed E-state index contributed by atoms with van der Waals surface area (Å²) in [5.74, 6) is -1.90. The third-order valence-corrected chi connectivity index (χ3v) is 4.00. The van der Waals surface area contributed by atoms with E-state index in [0.717, 1.165) is 0 Å². The number of carboxylic acids is 1. The highest BCUT2D eigenvalue weighted by atomic mass is 16.5. The van der Waals surface area contributed by atoms with Crippen LogP contribution in [0.2, 0.25) is 0 Å². The molecule has 0 aromatic carbocycles. The zero-order valence-corrected chi connectivity index (χ0v) is 18.5. The molecule has 11 heteroatoms. The monoisotopic (exact) mass is 448 g/mol. The molecule has 0 aliphatic rings. The summed E-state index contributed by atoms with van der Waals surface area (Å²) in [6, 6.07) is 0. The summed E-state index contributed by atoms with van der Waals surface area (Å²) in [4.78, 5) is 44.8. The van der Waals surface area contributed by atoms with Gasteiger partial charge in [0, 0.05) is 25.9 Å². The first-order valence-electron chi connectivity index (χ1n) is 10.5. The molecule has 0 saturated heterocycles. The zero-order chi connectivity index (χ0) is 23.3. The van der Waals surface area contributed by atoms with E-state index in [1.165, 1.54) is 0 Å². The molecule has 0 saturated carbocycles. The Hall–Kier alpha value is -2.08. The molecule has 0 aliphatic heterocycles. The first-order valence-corrected chi connectivity index (χ1v) is 10.5. The van der Waals surface area contributed by atoms with Gasteiger partial charge in [0.2, 0.25) is 11.8 Å². The number of carbonyl (C=O) groups excluding carboxylic acids is 3. The average molecular weight is 449 g/mol. The number of aliphatic carboxylic acids is 1. The molecule has 0 bridgehead atoms. The molecule has 0 rings (SSSR count). The van der Waals surface area contributed by atoms with Gasteiger partial charge in [-0.3, -0.25) is 19.2 Å². The standard InChI is InChI=1S/C20H36N2O9/c1-3-17(23)14-30-12-10-29-9-7-22-19(25)15-31-13-11-28-8-6-21-18(24)5-4-16(2)20(26)27/h16H,3-15H2,1-2H3,(H,21,24)(H,22,25)(H,26,27). The van der Waals surface area contributed by atoms with Gasteiger partial charge in [-0.1, -0.05) is 13.8 Å². The summed E-state index contributed by atoms with van der Waals surface area (Å²) in [6.45, 7) is 5.83. The van der Waals surface area contributed by atoms with Crippen LogP contribution in [0.5, 0.6) is 0 Å². The molecule has 0 aromatic rings. The number of amides is 2. The second kappa shape index (κ2) is 19.9. The molecular weight excluding hydrogens is 412 g/mol. The predicted octanol–water partition coefficient (Wildman–Crippen LogP) is -0.235. The molecule has 0 spiro atoms. The van der Waals surface area contributed by atoms with E-state index in [1.54, 1.807) is 13.8 Å². The third kappa shape index (κ3) is 19.6. The van der Waals surface area contributed by atoms with E-state index in [2.05, 4.69) is 10.6 Å². The minimum atomic E-state index is -0.916. The summed E-state index contributed by atoms with van der Waals surface area (Å²) < 4.78 is 20.8. The molecule has 0 aliphatic carbocycles. The fourth-order valence-electron chi connectivity index (χ4n) is 2.03. The maximum atomic E-state index is 11.6. The van der Waals surface area contributed by atoms with Crippen molar-refractivity contribution in [3.8, 4) is 0 Å². The van der Waals surface area contributed by atoms with Crippen LogP contribution in [0, 0.1) is 5.92 Å². The quantitative estimate of drug-likeness (QED) is 0.202. The molecule has 0 aromatic heterocycles. The van der Waals surface area contributed by atoms with E-state index in [9.17, 15) is 19.2 Å². The van der Waals surface area contributed by atoms with Gasteiger partial charge in [0.25, 0.3) is 0 Å². The Bertz CT molecular complexity index is 529. The van der Waals surface area contributed by atoms with Crippen LogP contribution < -0.4 is 10.6 Å². The van der Waals surface area contributed by atoms with Crippen molar-refractivity contribution < 1.29 is 43.2 Å². The van der Waals surface area contributed by atoms with E-state index in [1.807, 2.05) is 0 Å². The van der Waals surface area contributed by atoms with Crippen molar-refractivity contribution in [3.05, 3.63) is 0 Å². The molecule has 0 heterocycles. The lowest BCUT2D eigenvalue weighted by molar-refractivity contribution is -0.141. The number of hydrogen-bond donors (Lipinski definition) is 3. The number of rotatable bonds is 21. The summed E-state index contributed by atoms with van der Waals surface area (Å²) >= 11 is 0. The highest BCUT2D eigenvalue weighted by molar-refractivity contribution is 5.79. The molecule has 2 amide bonds. The van der Waals surface area contributed by atoms with E-state index < -0.39 is 11.9 Å². The van der Waals surface area contributed by atoms with Crippen LogP contribution >= 0.6 is 0 Å². The molecule has 0 fully saturated rings. The minimum Gasteiger partial charge on any atom is -0.481 e. The van der Waals surface area contributed by atoms with Gasteiger partial charge in [0.05, 0.1) is 45.6 Å². The predicted molar refractivity (Wildman–Crippen MR) is 111 cm³/mol. The van der Waals surface area contributed by atoms with Crippen molar-refractivity contribution in [2.45, 2.75) is 33.1 Å². The number of Topliss-reactive ketones (excluding diaryl/α,β-unsaturated/α-hetero) is 1. The van der Waals surface area contributed by atoms with E-state index in [4.69, 9.17) is 24.1 Å². The van der Waals surface area contributed by atoms with Gasteiger partial charge in [-0.25, -0.2) is 0 Å². The Morgan fingerprint density at radius 2 is 1.29 bits per heavy atom. The maximum absolute atomic E-state index is 11.6. The smallest absolute Gasteiger partial charge is 0.306 e. The van der Waals surface area contributed by atoms with Gasteiger partial charge in [0.1, 0.15) is 13.2 Å². The number of hydrogen-bond acceptors (Lipinski definition) is 8. The van der Waals surface area contributed by atoms with Gasteiger partial charge in [-0.2, -0.15) is 0 Å². The Labute approximate surface area is 183 Å². The molecular formula is C20H36N2O9. The number of carbonyl (C=O) groups is 4. The van der Waals surface area contributed by atoms with Crippen LogP contribution in [0.1, 0.15) is 33.1 Å². The molecule has 1 unspecified atom stereocenters. The topological polar surface area (TPSA) is 149 Å². The lowest BCUT2D eigenvalue weighted by Gasteiger charge is -2.09. The molecule has 0 radical (unpaired) electrons. The van der Waals surface area contributed by atoms with Crippen LogP contribution in [-0.2, 0) is 38.1 Å². The van der Waals surface area contributed by atoms with Gasteiger partial charge in [-0.05, 0) is 6.42 Å². The Morgan fingerprint density at radius 3 is 1.84 bits per heavy atom. The SMILES string of the molecule is CCC(=O)COCCOCCNC(=O)COCCOCCNC(=O)CCC(C)C(=O)O. The van der Waals surface area contributed by atoms with Crippen molar-refractivity contribution in [3.63, 3.8) is 0 Å². The lowest BCUT2D eigenvalue weighted by Crippen LogP contribution is -2.31. The maximum Gasteiger partial charge on any atom is 0.306 e. The van der Waals surface area contributed by atoms with Crippen LogP contribution in [0.4, 0.5) is 0 Å². The summed E-state index contributed by atoms with van der Waals surface area (Å²) in [5.41, 5.74) is 0. The normalized spacial score (nSPS) is 11.7. The fraction of sp³-hybridized carbons (Fsp3) is 0.800. The first kappa shape index (κ1) is 28.9. The van der Waals surface area contributed by atoms with E-state index in [-0.39, 0.29) is 50.4 Å². The number of carboxylic acid groups (broad SMARTS) is 1. The van der Waals surface area contributed by atoms with Crippen molar-refractivity contribution >= 4 is 23.6 Å². The Kier molecular flexibility index (Phi) is 18.5. The van der Waals surface area contributed by atoms with Crippen LogP contribution in [0.3, 0.4) is 0 Å². The molecule has 1 atom stereocenters. The van der Waals surface area contributed by atoms with Crippen molar-refractivity contribution in [2.24, 2.45) is 5.92 Å². The van der Waals surface area contributed by atoms with Crippen LogP contribution in [-0.4, -0.2) is 94.6 Å². The Morgan fingerprint density at radius 1 is 0.774 bits per heavy atom. The van der Waals surface area contributed by atoms with Crippen molar-refractivity contribution in [1.29, 1.82) is 0 Å². The second-order valence-corrected chi connectivity index (χ2v) is 6.70. The first-order chi connectivity index (χ1) is 14.9. The van der Waals surface area contributed by atoms with E-state index in [0.29, 0.717) is 52.4 Å². The summed E-state index contributed by atoms with van der Waals surface area (Å²) in [6.07, 6.45) is 0.903. The molecule has 3 N–H and O–H groups in total. The lowest BCUT2D eigenvalue weighted by atomic mass is 10.1. The van der Waals surface area contributed by atoms with Crippen molar-refractivity contribution in [1.82, 2.24) is 10.6 Å². The molecule has 180 valence electrons. The number of ether oxygens (including phenoxy) is 4. The van der Waals surface area contributed by atoms with Gasteiger partial charge in [-0.15, -0.1) is 0 Å². The second-order valence-electron chi connectivity index (χ2n) is 6.70. The van der Waals surface area contributed by atoms with E-state index >= 15 is 0 Å². The zero-order valence-electron chi connectivity index (χ0n) is 18.5. The van der Waals surface area contributed by atoms with Crippen LogP contribution in [0.15, 0.2) is 0 Å². The molecule has 11 nitrogen and oxygen atoms in total.